The number of Topliss-reactive ketones (excluding diaryl/α,β-unsaturated/α-hetero) is 1. The molecule has 12 nitrogen and oxygen atoms in total. The van der Waals surface area contributed by atoms with Crippen molar-refractivity contribution in [1.29, 1.82) is 0 Å². The van der Waals surface area contributed by atoms with Gasteiger partial charge in [0.1, 0.15) is 18.2 Å². The maximum absolute atomic E-state index is 12.5. The smallest absolute Gasteiger partial charge is 0.412 e. The SMILES string of the molecule is CC(=O)c1ccc(NC(=O)OC2COC3C2OCC3n2nnnc2-c2ccc(CN3CCOCC3)cc2)cc1. The molecule has 1 amide bonds. The zero-order valence-electron chi connectivity index (χ0n) is 21.6. The van der Waals surface area contributed by atoms with Crippen LogP contribution in [0.1, 0.15) is 28.9 Å². The topological polar surface area (TPSA) is 130 Å². The molecule has 12 heteroatoms. The monoisotopic (exact) mass is 534 g/mol. The van der Waals surface area contributed by atoms with Gasteiger partial charge in [0.2, 0.25) is 0 Å². The molecule has 4 atom stereocenters. The molecule has 3 aliphatic heterocycles. The largest absolute Gasteiger partial charge is 0.441 e. The Morgan fingerprint density at radius 1 is 1.00 bits per heavy atom. The number of morpholine rings is 1. The minimum absolute atomic E-state index is 0.0438. The molecule has 204 valence electrons. The molecule has 4 unspecified atom stereocenters. The van der Waals surface area contributed by atoms with Crippen molar-refractivity contribution < 1.29 is 28.5 Å². The van der Waals surface area contributed by atoms with E-state index < -0.39 is 18.3 Å². The molecule has 3 aromatic rings. The third-order valence-corrected chi connectivity index (χ3v) is 7.31. The Balaban J connectivity index is 1.08. The summed E-state index contributed by atoms with van der Waals surface area (Å²) in [5.41, 5.74) is 3.21. The molecule has 0 spiro atoms. The lowest BCUT2D eigenvalue weighted by molar-refractivity contribution is 0.00774. The summed E-state index contributed by atoms with van der Waals surface area (Å²) in [5.74, 6) is 0.583. The summed E-state index contributed by atoms with van der Waals surface area (Å²) < 4.78 is 24.8. The Hall–Kier alpha value is -3.71. The first-order valence-electron chi connectivity index (χ1n) is 13.0. The van der Waals surface area contributed by atoms with Crippen molar-refractivity contribution >= 4 is 17.6 Å². The molecule has 0 saturated carbocycles. The molecule has 0 bridgehead atoms. The minimum atomic E-state index is -0.618. The van der Waals surface area contributed by atoms with Gasteiger partial charge in [0.15, 0.2) is 17.7 Å². The number of hydrogen-bond acceptors (Lipinski definition) is 10. The Morgan fingerprint density at radius 2 is 1.74 bits per heavy atom. The number of hydrogen-bond donors (Lipinski definition) is 1. The van der Waals surface area contributed by atoms with Gasteiger partial charge in [-0.25, -0.2) is 9.48 Å². The van der Waals surface area contributed by atoms with Gasteiger partial charge in [-0.05, 0) is 47.2 Å². The van der Waals surface area contributed by atoms with E-state index in [1.54, 1.807) is 28.9 Å². The maximum Gasteiger partial charge on any atom is 0.412 e. The summed E-state index contributed by atoms with van der Waals surface area (Å²) >= 11 is 0. The molecule has 3 aliphatic rings. The number of ketones is 1. The number of ether oxygens (including phenoxy) is 4. The van der Waals surface area contributed by atoms with Crippen LogP contribution in [-0.4, -0.2) is 94.8 Å². The van der Waals surface area contributed by atoms with Gasteiger partial charge in [-0.1, -0.05) is 24.3 Å². The molecule has 6 rings (SSSR count). The Morgan fingerprint density at radius 3 is 2.49 bits per heavy atom. The van der Waals surface area contributed by atoms with E-state index in [9.17, 15) is 9.59 Å². The molecule has 0 radical (unpaired) electrons. The van der Waals surface area contributed by atoms with Crippen LogP contribution in [0, 0.1) is 0 Å². The predicted octanol–water partition coefficient (Wildman–Crippen LogP) is 2.33. The number of amides is 1. The van der Waals surface area contributed by atoms with Gasteiger partial charge < -0.3 is 18.9 Å². The van der Waals surface area contributed by atoms with Crippen molar-refractivity contribution in [3.63, 3.8) is 0 Å². The fourth-order valence-electron chi connectivity index (χ4n) is 5.21. The van der Waals surface area contributed by atoms with Gasteiger partial charge in [-0.2, -0.15) is 0 Å². The maximum atomic E-state index is 12.5. The molecule has 1 N–H and O–H groups in total. The van der Waals surface area contributed by atoms with E-state index in [-0.39, 0.29) is 24.5 Å². The van der Waals surface area contributed by atoms with Crippen LogP contribution in [0.5, 0.6) is 0 Å². The second-order valence-electron chi connectivity index (χ2n) is 9.90. The van der Waals surface area contributed by atoms with Gasteiger partial charge >= 0.3 is 6.09 Å². The number of benzene rings is 2. The first-order valence-corrected chi connectivity index (χ1v) is 13.0. The third-order valence-electron chi connectivity index (χ3n) is 7.31. The molecule has 0 aliphatic carbocycles. The van der Waals surface area contributed by atoms with E-state index >= 15 is 0 Å². The van der Waals surface area contributed by atoms with E-state index in [1.807, 2.05) is 12.1 Å². The Labute approximate surface area is 225 Å². The zero-order chi connectivity index (χ0) is 26.8. The van der Waals surface area contributed by atoms with Crippen molar-refractivity contribution in [2.24, 2.45) is 0 Å². The van der Waals surface area contributed by atoms with E-state index in [0.717, 1.165) is 38.4 Å². The van der Waals surface area contributed by atoms with Gasteiger partial charge in [0, 0.05) is 36.4 Å². The highest BCUT2D eigenvalue weighted by Gasteiger charge is 2.51. The van der Waals surface area contributed by atoms with Crippen LogP contribution in [0.25, 0.3) is 11.4 Å². The predicted molar refractivity (Wildman–Crippen MR) is 138 cm³/mol. The number of tetrazole rings is 1. The number of nitrogens with one attached hydrogen (secondary N) is 1. The molecule has 3 fully saturated rings. The first-order chi connectivity index (χ1) is 19.0. The summed E-state index contributed by atoms with van der Waals surface area (Å²) in [6, 6.07) is 14.6. The van der Waals surface area contributed by atoms with Crippen LogP contribution in [0.2, 0.25) is 0 Å². The molecule has 3 saturated heterocycles. The number of carbonyl (C=O) groups excluding carboxylic acids is 2. The fraction of sp³-hybridized carbons (Fsp3) is 0.444. The average molecular weight is 535 g/mol. The number of aromatic nitrogens is 4. The van der Waals surface area contributed by atoms with Gasteiger partial charge in [-0.3, -0.25) is 15.0 Å². The molecule has 1 aromatic heterocycles. The van der Waals surface area contributed by atoms with Crippen LogP contribution in [0.15, 0.2) is 48.5 Å². The lowest BCUT2D eigenvalue weighted by Gasteiger charge is -2.26. The van der Waals surface area contributed by atoms with E-state index in [4.69, 9.17) is 18.9 Å². The fourth-order valence-corrected chi connectivity index (χ4v) is 5.21. The molecule has 39 heavy (non-hydrogen) atoms. The second-order valence-corrected chi connectivity index (χ2v) is 9.90. The summed E-state index contributed by atoms with van der Waals surface area (Å²) in [6.07, 6.45) is -1.99. The van der Waals surface area contributed by atoms with E-state index in [1.165, 1.54) is 12.5 Å². The molecular weight excluding hydrogens is 504 g/mol. The number of carbonyl (C=O) groups is 2. The third kappa shape index (κ3) is 5.55. The number of anilines is 1. The molecule has 4 heterocycles. The van der Waals surface area contributed by atoms with E-state index in [0.29, 0.717) is 23.7 Å². The van der Waals surface area contributed by atoms with Crippen LogP contribution < -0.4 is 5.32 Å². The average Bonchev–Trinajstić information content (AvgIpc) is 3.68. The summed E-state index contributed by atoms with van der Waals surface area (Å²) in [4.78, 5) is 26.3. The number of rotatable bonds is 7. The minimum Gasteiger partial charge on any atom is -0.441 e. The van der Waals surface area contributed by atoms with Gasteiger partial charge in [-0.15, -0.1) is 5.10 Å². The zero-order valence-corrected chi connectivity index (χ0v) is 21.6. The van der Waals surface area contributed by atoms with E-state index in [2.05, 4.69) is 37.9 Å². The van der Waals surface area contributed by atoms with Crippen molar-refractivity contribution in [3.05, 3.63) is 59.7 Å². The van der Waals surface area contributed by atoms with Crippen LogP contribution in [0.3, 0.4) is 0 Å². The Kier molecular flexibility index (Phi) is 7.33. The summed E-state index contributed by atoms with van der Waals surface area (Å²) in [5, 5.41) is 15.1. The number of fused-ring (bicyclic) bond motifs is 1. The lowest BCUT2D eigenvalue weighted by atomic mass is 10.1. The first kappa shape index (κ1) is 25.6. The number of nitrogens with zero attached hydrogens (tertiary/aromatic N) is 5. The summed E-state index contributed by atoms with van der Waals surface area (Å²) in [7, 11) is 0. The van der Waals surface area contributed by atoms with Crippen LogP contribution in [-0.2, 0) is 25.5 Å². The highest BCUT2D eigenvalue weighted by molar-refractivity contribution is 5.95. The van der Waals surface area contributed by atoms with Crippen molar-refractivity contribution in [1.82, 2.24) is 25.1 Å². The molecular formula is C27H30N6O6. The normalized spacial score (nSPS) is 24.8. The highest BCUT2D eigenvalue weighted by Crippen LogP contribution is 2.37. The second kappa shape index (κ2) is 11.2. The van der Waals surface area contributed by atoms with Crippen molar-refractivity contribution in [3.8, 4) is 11.4 Å². The lowest BCUT2D eigenvalue weighted by Crippen LogP contribution is -2.35. The standard InChI is InChI=1S/C27H30N6O6/c1-17(34)19-6-8-21(9-7-19)28-27(35)39-23-16-38-24-22(15-37-25(23)24)33-26(29-30-31-33)20-4-2-18(3-5-20)14-32-10-12-36-13-11-32/h2-9,22-25H,10-16H2,1H3,(H,28,35). The molecule has 2 aromatic carbocycles. The van der Waals surface area contributed by atoms with Crippen molar-refractivity contribution in [2.75, 3.05) is 44.8 Å². The van der Waals surface area contributed by atoms with Gasteiger partial charge in [0.25, 0.3) is 0 Å². The van der Waals surface area contributed by atoms with Crippen molar-refractivity contribution in [2.45, 2.75) is 37.8 Å². The van der Waals surface area contributed by atoms with Crippen LogP contribution in [0.4, 0.5) is 10.5 Å². The summed E-state index contributed by atoms with van der Waals surface area (Å²) in [6.45, 7) is 6.31. The van der Waals surface area contributed by atoms with Gasteiger partial charge in [0.05, 0.1) is 26.4 Å². The Bertz CT molecular complexity index is 1310. The quantitative estimate of drug-likeness (QED) is 0.451. The highest BCUT2D eigenvalue weighted by atomic mass is 16.6. The van der Waals surface area contributed by atoms with Crippen LogP contribution >= 0.6 is 0 Å².